The van der Waals surface area contributed by atoms with E-state index in [1.807, 2.05) is 0 Å². The first-order valence-electron chi connectivity index (χ1n) is 8.94. The molecule has 11 nitrogen and oxygen atoms in total. The molecule has 1 heterocycles. The summed E-state index contributed by atoms with van der Waals surface area (Å²) < 4.78 is 23.3. The minimum atomic E-state index is -4.45. The Morgan fingerprint density at radius 1 is 1.16 bits per heavy atom. The van der Waals surface area contributed by atoms with E-state index in [2.05, 4.69) is 15.6 Å². The van der Waals surface area contributed by atoms with Gasteiger partial charge in [-0.3, -0.25) is 4.79 Å². The number of hydrogen-bond acceptors (Lipinski definition) is 10. The molecule has 1 aliphatic rings. The van der Waals surface area contributed by atoms with Crippen molar-refractivity contribution in [3.63, 3.8) is 0 Å². The average molecular weight is 477 g/mol. The molecule has 1 aliphatic carbocycles. The lowest BCUT2D eigenvalue weighted by atomic mass is 10.1. The van der Waals surface area contributed by atoms with Crippen molar-refractivity contribution in [1.82, 2.24) is 9.78 Å². The van der Waals surface area contributed by atoms with Crippen LogP contribution < -0.4 is 10.3 Å². The molecule has 0 atom stereocenters. The Morgan fingerprint density at radius 3 is 2.34 bits per heavy atom. The first kappa shape index (κ1) is 25.9. The molecule has 0 fully saturated rings. The summed E-state index contributed by atoms with van der Waals surface area (Å²) in [5, 5.41) is 59.6. The van der Waals surface area contributed by atoms with E-state index in [0.717, 1.165) is 23.0 Å². The summed E-state index contributed by atoms with van der Waals surface area (Å²) >= 11 is 6.00. The lowest BCUT2D eigenvalue weighted by Crippen LogP contribution is -2.53. The topological polar surface area (TPSA) is 175 Å². The Morgan fingerprint density at radius 2 is 1.78 bits per heavy atom. The lowest BCUT2D eigenvalue weighted by Gasteiger charge is -2.27. The fraction of sp³-hybridized carbons (Fsp3) is 0.421. The Labute approximate surface area is 185 Å². The molecule has 0 aliphatic heterocycles. The molecule has 0 spiro atoms. The SMILES string of the molecule is CC(C)(C)n1ncc(OC(O)(O)C2=C=CC=C(COC(O)(O)C(O)(O)F)C=C2)c(Cl)c1=O. The van der Waals surface area contributed by atoms with Gasteiger partial charge in [-0.05, 0) is 44.6 Å². The molecule has 32 heavy (non-hydrogen) atoms. The van der Waals surface area contributed by atoms with E-state index in [1.54, 1.807) is 20.8 Å². The van der Waals surface area contributed by atoms with Crippen LogP contribution in [0.25, 0.3) is 0 Å². The van der Waals surface area contributed by atoms with Gasteiger partial charge in [0.1, 0.15) is 0 Å². The molecule has 0 radical (unpaired) electrons. The molecule has 0 unspecified atom stereocenters. The van der Waals surface area contributed by atoms with Crippen molar-refractivity contribution in [3.8, 4) is 5.75 Å². The largest absolute Gasteiger partial charge is 0.432 e. The summed E-state index contributed by atoms with van der Waals surface area (Å²) in [6.07, 6.45) is 5.70. The Hall–Kier alpha value is -2.38. The number of aromatic nitrogens is 2. The van der Waals surface area contributed by atoms with E-state index in [9.17, 15) is 19.4 Å². The molecule has 0 amide bonds. The maximum Gasteiger partial charge on any atom is 0.399 e. The molecular formula is C19H22ClFN2O9. The van der Waals surface area contributed by atoms with Gasteiger partial charge in [0, 0.05) is 0 Å². The number of rotatable bonds is 7. The van der Waals surface area contributed by atoms with Gasteiger partial charge < -0.3 is 40.1 Å². The average Bonchev–Trinajstić information content (AvgIpc) is 2.88. The number of alkyl halides is 1. The van der Waals surface area contributed by atoms with E-state index in [1.165, 1.54) is 12.2 Å². The second kappa shape index (κ2) is 8.87. The smallest absolute Gasteiger partial charge is 0.399 e. The quantitative estimate of drug-likeness (QED) is 0.222. The van der Waals surface area contributed by atoms with E-state index in [0.29, 0.717) is 0 Å². The maximum atomic E-state index is 12.9. The fourth-order valence-corrected chi connectivity index (χ4v) is 2.45. The van der Waals surface area contributed by atoms with Crippen molar-refractivity contribution in [2.24, 2.45) is 0 Å². The molecule has 2 rings (SSSR count). The van der Waals surface area contributed by atoms with E-state index in [-0.39, 0.29) is 11.1 Å². The van der Waals surface area contributed by atoms with Gasteiger partial charge in [-0.2, -0.15) is 9.49 Å². The lowest BCUT2D eigenvalue weighted by molar-refractivity contribution is -0.497. The highest BCUT2D eigenvalue weighted by atomic mass is 35.5. The predicted molar refractivity (Wildman–Crippen MR) is 107 cm³/mol. The summed E-state index contributed by atoms with van der Waals surface area (Å²) in [6.45, 7) is 4.42. The van der Waals surface area contributed by atoms with Crippen LogP contribution in [0.15, 0.2) is 52.2 Å². The van der Waals surface area contributed by atoms with Crippen molar-refractivity contribution >= 4 is 11.6 Å². The van der Waals surface area contributed by atoms with Crippen LogP contribution in [-0.2, 0) is 10.3 Å². The molecule has 0 aromatic carbocycles. The number of hydrogen-bond donors (Lipinski definition) is 6. The van der Waals surface area contributed by atoms with Gasteiger partial charge in [0.25, 0.3) is 5.56 Å². The summed E-state index contributed by atoms with van der Waals surface area (Å²) in [4.78, 5) is 12.4. The van der Waals surface area contributed by atoms with Gasteiger partial charge in [-0.25, -0.2) is 4.68 Å². The van der Waals surface area contributed by atoms with Crippen LogP contribution in [0.1, 0.15) is 20.8 Å². The number of nitrogens with zero attached hydrogens (tertiary/aromatic N) is 2. The molecule has 0 saturated carbocycles. The minimum absolute atomic E-state index is 0.104. The molecule has 6 N–H and O–H groups in total. The molecule has 0 bridgehead atoms. The summed E-state index contributed by atoms with van der Waals surface area (Å²) in [7, 11) is 0. The standard InChI is InChI=1S/C19H22ClFN2O9/c1-16(2,3)23-15(24)14(20)13(9-22-23)32-17(25,26)12-6-4-5-11(7-8-12)10-31-19(29,30)18(21,27)28/h4-5,7-9,25-30H,10H2,1-3H3. The van der Waals surface area contributed by atoms with Crippen molar-refractivity contribution in [2.75, 3.05) is 6.61 Å². The molecule has 176 valence electrons. The van der Waals surface area contributed by atoms with Crippen LogP contribution in [0.2, 0.25) is 5.02 Å². The third-order valence-corrected chi connectivity index (χ3v) is 4.33. The summed E-state index contributed by atoms with van der Waals surface area (Å²) in [5.41, 5.74) is 0.793. The van der Waals surface area contributed by atoms with Crippen LogP contribution in [0, 0.1) is 0 Å². The van der Waals surface area contributed by atoms with Gasteiger partial charge in [0.15, 0.2) is 10.8 Å². The maximum absolute atomic E-state index is 12.9. The number of allylic oxidation sites excluding steroid dienone is 1. The van der Waals surface area contributed by atoms with Crippen LogP contribution >= 0.6 is 11.6 Å². The van der Waals surface area contributed by atoms with Gasteiger partial charge in [0.2, 0.25) is 0 Å². The molecule has 13 heteroatoms. The molecule has 1 aromatic rings. The van der Waals surface area contributed by atoms with Gasteiger partial charge in [-0.15, -0.1) is 5.73 Å². The van der Waals surface area contributed by atoms with E-state index in [4.69, 9.17) is 36.8 Å². The second-order valence-corrected chi connectivity index (χ2v) is 8.08. The van der Waals surface area contributed by atoms with Crippen LogP contribution in [0.4, 0.5) is 4.39 Å². The normalized spacial score (nSPS) is 15.3. The first-order chi connectivity index (χ1) is 14.5. The predicted octanol–water partition coefficient (Wildman–Crippen LogP) is -0.490. The van der Waals surface area contributed by atoms with Crippen molar-refractivity contribution in [3.05, 3.63) is 62.8 Å². The zero-order chi connectivity index (χ0) is 24.5. The minimum Gasteiger partial charge on any atom is -0.432 e. The molecule has 1 aromatic heterocycles. The second-order valence-electron chi connectivity index (χ2n) is 7.70. The van der Waals surface area contributed by atoms with Crippen LogP contribution in [0.3, 0.4) is 0 Å². The van der Waals surface area contributed by atoms with Crippen molar-refractivity contribution in [1.29, 1.82) is 0 Å². The highest BCUT2D eigenvalue weighted by Gasteiger charge is 2.50. The zero-order valence-corrected chi connectivity index (χ0v) is 17.9. The third kappa shape index (κ3) is 5.90. The Kier molecular flexibility index (Phi) is 7.17. The third-order valence-electron chi connectivity index (χ3n) is 3.98. The highest BCUT2D eigenvalue weighted by Crippen LogP contribution is 2.27. The summed E-state index contributed by atoms with van der Waals surface area (Å²) in [5.74, 6) is -7.36. The zero-order valence-electron chi connectivity index (χ0n) is 17.2. The van der Waals surface area contributed by atoms with Gasteiger partial charge in [-0.1, -0.05) is 17.7 Å². The monoisotopic (exact) mass is 476 g/mol. The number of halogens is 2. The first-order valence-corrected chi connectivity index (χ1v) is 9.32. The van der Waals surface area contributed by atoms with Crippen LogP contribution in [0.5, 0.6) is 5.75 Å². The molecule has 0 saturated heterocycles. The van der Waals surface area contributed by atoms with Gasteiger partial charge >= 0.3 is 18.0 Å². The van der Waals surface area contributed by atoms with E-state index >= 15 is 0 Å². The summed E-state index contributed by atoms with van der Waals surface area (Å²) in [6, 6.07) is -4.45. The van der Waals surface area contributed by atoms with Crippen molar-refractivity contribution in [2.45, 2.75) is 44.3 Å². The van der Waals surface area contributed by atoms with Crippen LogP contribution in [-0.4, -0.2) is 65.0 Å². The van der Waals surface area contributed by atoms with E-state index < -0.39 is 46.5 Å². The molecular weight excluding hydrogens is 455 g/mol. The Balaban J connectivity index is 2.18. The fourth-order valence-electron chi connectivity index (χ4n) is 2.28. The number of aliphatic hydroxyl groups is 6. The highest BCUT2D eigenvalue weighted by molar-refractivity contribution is 6.31. The Bertz CT molecular complexity index is 1060. The van der Waals surface area contributed by atoms with Gasteiger partial charge in [0.05, 0.1) is 23.9 Å². The number of ether oxygens (including phenoxy) is 2. The van der Waals surface area contributed by atoms with Crippen molar-refractivity contribution < 1.29 is 44.5 Å².